The van der Waals surface area contributed by atoms with Crippen LogP contribution in [0.5, 0.6) is 5.75 Å². The van der Waals surface area contributed by atoms with E-state index in [2.05, 4.69) is 48.9 Å². The van der Waals surface area contributed by atoms with Gasteiger partial charge in [-0.1, -0.05) is 24.3 Å². The van der Waals surface area contributed by atoms with E-state index < -0.39 is 10.2 Å². The van der Waals surface area contributed by atoms with Crippen LogP contribution in [0, 0.1) is 10.2 Å². The molecule has 0 spiro atoms. The summed E-state index contributed by atoms with van der Waals surface area (Å²) >= 11 is 0. The molecule has 0 aliphatic heterocycles. The van der Waals surface area contributed by atoms with Gasteiger partial charge in [-0.15, -0.1) is 10.2 Å². The smallest absolute Gasteiger partial charge is 0.204 e. The van der Waals surface area contributed by atoms with Gasteiger partial charge in [-0.05, 0) is 17.5 Å². The predicted octanol–water partition coefficient (Wildman–Crippen LogP) is -1.67. The van der Waals surface area contributed by atoms with Crippen LogP contribution in [0.3, 0.4) is 0 Å². The summed E-state index contributed by atoms with van der Waals surface area (Å²) in [4.78, 5) is 1.33. The molecule has 0 atom stereocenters. The molecule has 5 nitrogen and oxygen atoms in total. The molecule has 0 radical (unpaired) electrons. The fourth-order valence-corrected chi connectivity index (χ4v) is 2.98. The van der Waals surface area contributed by atoms with Crippen molar-refractivity contribution in [3.8, 4) is 5.75 Å². The van der Waals surface area contributed by atoms with Crippen LogP contribution in [0.2, 0.25) is 0 Å². The third-order valence-corrected chi connectivity index (χ3v) is 3.71. The van der Waals surface area contributed by atoms with Crippen LogP contribution in [0.15, 0.2) is 41.3 Å². The Kier molecular flexibility index (Phi) is 6.07. The van der Waals surface area contributed by atoms with Crippen molar-refractivity contribution in [1.82, 2.24) is 0 Å². The standard InChI is InChI=1S/C13H15OS.ClHO4/c1-14-12-9-8-10-6-4-5-7-11(10)13(12)15(2)3;2-1(3,4)5/h4-9H,1-3H3;(H,2,3,4,5)/q+1;/p-1. The van der Waals surface area contributed by atoms with Crippen LogP contribution >= 0.6 is 0 Å². The molecule has 2 rings (SSSR count). The average Bonchev–Trinajstić information content (AvgIpc) is 2.35. The molecule has 0 amide bonds. The molecule has 0 saturated carbocycles. The highest BCUT2D eigenvalue weighted by Crippen LogP contribution is 2.31. The van der Waals surface area contributed by atoms with E-state index >= 15 is 0 Å². The van der Waals surface area contributed by atoms with Gasteiger partial charge in [0, 0.05) is 16.3 Å². The summed E-state index contributed by atoms with van der Waals surface area (Å²) in [5.74, 6) is 1.00. The van der Waals surface area contributed by atoms with Gasteiger partial charge in [-0.2, -0.15) is 0 Å². The van der Waals surface area contributed by atoms with E-state index in [1.54, 1.807) is 7.11 Å². The maximum Gasteiger partial charge on any atom is 0.204 e. The first-order chi connectivity index (χ1) is 9.24. The second-order valence-corrected chi connectivity index (χ2v) is 6.81. The van der Waals surface area contributed by atoms with Crippen LogP contribution in [-0.2, 0) is 10.9 Å². The lowest BCUT2D eigenvalue weighted by molar-refractivity contribution is -2.00. The molecular formula is C13H15ClO5S. The van der Waals surface area contributed by atoms with Gasteiger partial charge in [0.1, 0.15) is 12.5 Å². The largest absolute Gasteiger partial charge is 0.492 e. The Morgan fingerprint density at radius 3 is 2.00 bits per heavy atom. The summed E-state index contributed by atoms with van der Waals surface area (Å²) in [7, 11) is -3.00. The van der Waals surface area contributed by atoms with Crippen molar-refractivity contribution in [2.45, 2.75) is 4.90 Å². The minimum absolute atomic E-state index is 0.210. The van der Waals surface area contributed by atoms with Crippen LogP contribution in [0.1, 0.15) is 0 Å². The lowest BCUT2D eigenvalue weighted by Gasteiger charge is -2.17. The fourth-order valence-electron chi connectivity index (χ4n) is 1.80. The molecule has 110 valence electrons. The minimum Gasteiger partial charge on any atom is -0.492 e. The molecule has 0 N–H and O–H groups in total. The van der Waals surface area contributed by atoms with Crippen molar-refractivity contribution in [3.05, 3.63) is 36.4 Å². The zero-order valence-electron chi connectivity index (χ0n) is 11.3. The number of methoxy groups -OCH3 is 1. The molecular weight excluding hydrogens is 304 g/mol. The number of hydrogen-bond donors (Lipinski definition) is 0. The number of hydrogen-bond acceptors (Lipinski definition) is 5. The average molecular weight is 319 g/mol. The Morgan fingerprint density at radius 2 is 1.50 bits per heavy atom. The van der Waals surface area contributed by atoms with Crippen LogP contribution in [-0.4, -0.2) is 19.6 Å². The Labute approximate surface area is 122 Å². The van der Waals surface area contributed by atoms with E-state index in [9.17, 15) is 0 Å². The highest BCUT2D eigenvalue weighted by atomic mass is 35.7. The summed E-state index contributed by atoms with van der Waals surface area (Å²) in [6, 6.07) is 12.6. The molecule has 2 aromatic carbocycles. The Hall–Kier alpha value is -1.02. The van der Waals surface area contributed by atoms with Crippen molar-refractivity contribution in [3.63, 3.8) is 0 Å². The maximum absolute atomic E-state index is 8.49. The maximum atomic E-state index is 8.49. The molecule has 0 aromatic heterocycles. The number of halogens is 1. The van der Waals surface area contributed by atoms with Gasteiger partial charge in [-0.25, -0.2) is 18.6 Å². The van der Waals surface area contributed by atoms with Crippen LogP contribution in [0.25, 0.3) is 10.8 Å². The number of fused-ring (bicyclic) bond motifs is 1. The third kappa shape index (κ3) is 5.16. The minimum atomic E-state index is -4.94. The normalized spacial score (nSPS) is 11.2. The third-order valence-electron chi connectivity index (χ3n) is 2.47. The van der Waals surface area contributed by atoms with E-state index in [0.717, 1.165) is 5.75 Å². The molecule has 0 saturated heterocycles. The van der Waals surface area contributed by atoms with Gasteiger partial charge >= 0.3 is 0 Å². The molecule has 0 bridgehead atoms. The highest BCUT2D eigenvalue weighted by Gasteiger charge is 2.19. The quantitative estimate of drug-likeness (QED) is 0.616. The lowest BCUT2D eigenvalue weighted by atomic mass is 10.1. The van der Waals surface area contributed by atoms with Gasteiger partial charge in [0.2, 0.25) is 4.90 Å². The SMILES string of the molecule is COc1ccc2ccccc2c1[S+](C)C.[O-][Cl+3]([O-])([O-])[O-]. The first-order valence-corrected chi connectivity index (χ1v) is 8.76. The van der Waals surface area contributed by atoms with Gasteiger partial charge in [0.25, 0.3) is 0 Å². The Morgan fingerprint density at radius 1 is 0.950 bits per heavy atom. The summed E-state index contributed by atoms with van der Waals surface area (Å²) in [6.45, 7) is 0. The molecule has 7 heteroatoms. The topological polar surface area (TPSA) is 101 Å². The molecule has 0 heterocycles. The number of rotatable bonds is 2. The van der Waals surface area contributed by atoms with E-state index in [-0.39, 0.29) is 10.9 Å². The van der Waals surface area contributed by atoms with E-state index in [1.165, 1.54) is 15.7 Å². The second kappa shape index (κ2) is 7.12. The molecule has 0 unspecified atom stereocenters. The van der Waals surface area contributed by atoms with Crippen molar-refractivity contribution in [2.75, 3.05) is 19.6 Å². The van der Waals surface area contributed by atoms with E-state index in [0.29, 0.717) is 0 Å². The Balaban J connectivity index is 0.000000347. The fraction of sp³-hybridized carbons (Fsp3) is 0.231. The number of benzene rings is 2. The summed E-state index contributed by atoms with van der Waals surface area (Å²) in [5.41, 5.74) is 0. The Bertz CT molecular complexity index is 562. The molecule has 0 fully saturated rings. The zero-order chi connectivity index (χ0) is 15.3. The molecule has 2 aromatic rings. The number of ether oxygens (including phenoxy) is 1. The summed E-state index contributed by atoms with van der Waals surface area (Å²) in [6.07, 6.45) is 4.45. The van der Waals surface area contributed by atoms with Crippen molar-refractivity contribution in [1.29, 1.82) is 0 Å². The highest BCUT2D eigenvalue weighted by molar-refractivity contribution is 7.95. The first-order valence-electron chi connectivity index (χ1n) is 5.49. The summed E-state index contributed by atoms with van der Waals surface area (Å²) in [5, 5.41) is 2.60. The first kappa shape index (κ1) is 17.0. The van der Waals surface area contributed by atoms with Crippen molar-refractivity contribution >= 4 is 21.7 Å². The van der Waals surface area contributed by atoms with E-state index in [1.807, 2.05) is 0 Å². The lowest BCUT2D eigenvalue weighted by Crippen LogP contribution is -2.68. The van der Waals surface area contributed by atoms with Gasteiger partial charge in [0.05, 0.1) is 7.11 Å². The second-order valence-electron chi connectivity index (χ2n) is 4.01. The molecule has 20 heavy (non-hydrogen) atoms. The van der Waals surface area contributed by atoms with Gasteiger partial charge in [-0.3, -0.25) is 0 Å². The monoisotopic (exact) mass is 318 g/mol. The van der Waals surface area contributed by atoms with Crippen LogP contribution in [0.4, 0.5) is 0 Å². The summed E-state index contributed by atoms with van der Waals surface area (Å²) < 4.78 is 39.4. The molecule has 0 aliphatic carbocycles. The van der Waals surface area contributed by atoms with Crippen molar-refractivity contribution < 1.29 is 33.6 Å². The zero-order valence-corrected chi connectivity index (χ0v) is 12.9. The van der Waals surface area contributed by atoms with Gasteiger partial charge < -0.3 is 4.74 Å². The van der Waals surface area contributed by atoms with E-state index in [4.69, 9.17) is 23.4 Å². The van der Waals surface area contributed by atoms with Gasteiger partial charge in [0.15, 0.2) is 5.75 Å². The molecule has 0 aliphatic rings. The predicted molar refractivity (Wildman–Crippen MR) is 68.0 cm³/mol. The van der Waals surface area contributed by atoms with Crippen molar-refractivity contribution in [2.24, 2.45) is 0 Å². The van der Waals surface area contributed by atoms with Crippen LogP contribution < -0.4 is 23.4 Å².